The monoisotopic (exact) mass is 263 g/mol. The van der Waals surface area contributed by atoms with Crippen molar-refractivity contribution in [1.82, 2.24) is 0 Å². The molecule has 1 aromatic rings. The highest BCUT2D eigenvalue weighted by molar-refractivity contribution is 5.91. The van der Waals surface area contributed by atoms with Crippen molar-refractivity contribution >= 4 is 17.7 Å². The first-order valence-electron chi connectivity index (χ1n) is 4.62. The standard InChI is InChI=1S/C10H8F3NO4/c11-10(12,13)5-18-9(17)14-7-3-1-2-6(4-7)8(15)16/h1-4H,5H2,(H,14,17)(H,15,16). The van der Waals surface area contributed by atoms with Crippen LogP contribution in [0.4, 0.5) is 23.7 Å². The molecule has 0 fully saturated rings. The van der Waals surface area contributed by atoms with Gasteiger partial charge in [0.05, 0.1) is 5.56 Å². The molecule has 0 atom stereocenters. The Bertz CT molecular complexity index is 459. The van der Waals surface area contributed by atoms with Crippen LogP contribution in [-0.2, 0) is 4.74 Å². The zero-order valence-corrected chi connectivity index (χ0v) is 8.82. The molecule has 0 aliphatic heterocycles. The Morgan fingerprint density at radius 1 is 1.33 bits per heavy atom. The van der Waals surface area contributed by atoms with E-state index in [2.05, 4.69) is 4.74 Å². The fourth-order valence-corrected chi connectivity index (χ4v) is 1.03. The Labute approximate surface area is 99.2 Å². The highest BCUT2D eigenvalue weighted by Gasteiger charge is 2.29. The SMILES string of the molecule is O=C(Nc1cccc(C(=O)O)c1)OCC(F)(F)F. The predicted molar refractivity (Wildman–Crippen MR) is 54.4 cm³/mol. The van der Waals surface area contributed by atoms with Crippen molar-refractivity contribution in [2.45, 2.75) is 6.18 Å². The zero-order valence-electron chi connectivity index (χ0n) is 8.82. The molecule has 5 nitrogen and oxygen atoms in total. The third kappa shape index (κ3) is 4.73. The summed E-state index contributed by atoms with van der Waals surface area (Å²) in [4.78, 5) is 21.6. The molecule has 0 bridgehead atoms. The fraction of sp³-hybridized carbons (Fsp3) is 0.200. The fourth-order valence-electron chi connectivity index (χ4n) is 1.03. The Morgan fingerprint density at radius 2 is 2.00 bits per heavy atom. The van der Waals surface area contributed by atoms with Crippen LogP contribution in [0, 0.1) is 0 Å². The lowest BCUT2D eigenvalue weighted by molar-refractivity contribution is -0.159. The molecule has 0 heterocycles. The van der Waals surface area contributed by atoms with E-state index < -0.39 is 24.8 Å². The molecule has 0 saturated carbocycles. The molecule has 2 N–H and O–H groups in total. The van der Waals surface area contributed by atoms with Crippen LogP contribution < -0.4 is 5.32 Å². The van der Waals surface area contributed by atoms with Crippen molar-refractivity contribution in [3.8, 4) is 0 Å². The molecule has 0 saturated heterocycles. The molecular formula is C10H8F3NO4. The predicted octanol–water partition coefficient (Wildman–Crippen LogP) is 2.50. The summed E-state index contributed by atoms with van der Waals surface area (Å²) in [6.07, 6.45) is -5.92. The van der Waals surface area contributed by atoms with Gasteiger partial charge in [-0.1, -0.05) is 6.07 Å². The minimum atomic E-state index is -4.61. The number of hydrogen-bond donors (Lipinski definition) is 2. The van der Waals surface area contributed by atoms with Crippen molar-refractivity contribution < 1.29 is 32.6 Å². The summed E-state index contributed by atoms with van der Waals surface area (Å²) in [5, 5.41) is 10.6. The summed E-state index contributed by atoms with van der Waals surface area (Å²) >= 11 is 0. The summed E-state index contributed by atoms with van der Waals surface area (Å²) in [5.74, 6) is -1.22. The van der Waals surface area contributed by atoms with Crippen LogP contribution in [0.2, 0.25) is 0 Å². The van der Waals surface area contributed by atoms with Crippen LogP contribution in [0.15, 0.2) is 24.3 Å². The average Bonchev–Trinajstić information content (AvgIpc) is 2.26. The van der Waals surface area contributed by atoms with E-state index in [4.69, 9.17) is 5.11 Å². The molecule has 0 radical (unpaired) electrons. The lowest BCUT2D eigenvalue weighted by atomic mass is 10.2. The van der Waals surface area contributed by atoms with Crippen LogP contribution in [0.3, 0.4) is 0 Å². The third-order valence-corrected chi connectivity index (χ3v) is 1.72. The number of nitrogens with one attached hydrogen (secondary N) is 1. The van der Waals surface area contributed by atoms with E-state index in [-0.39, 0.29) is 11.3 Å². The van der Waals surface area contributed by atoms with E-state index in [1.54, 1.807) is 0 Å². The average molecular weight is 263 g/mol. The number of ether oxygens (including phenoxy) is 1. The van der Waals surface area contributed by atoms with Gasteiger partial charge >= 0.3 is 18.2 Å². The largest absolute Gasteiger partial charge is 0.478 e. The van der Waals surface area contributed by atoms with E-state index in [9.17, 15) is 22.8 Å². The molecule has 1 amide bonds. The topological polar surface area (TPSA) is 75.6 Å². The van der Waals surface area contributed by atoms with Crippen LogP contribution in [-0.4, -0.2) is 30.0 Å². The van der Waals surface area contributed by atoms with Crippen LogP contribution in [0.25, 0.3) is 0 Å². The van der Waals surface area contributed by atoms with Gasteiger partial charge in [0.1, 0.15) is 0 Å². The van der Waals surface area contributed by atoms with Crippen molar-refractivity contribution in [3.05, 3.63) is 29.8 Å². The van der Waals surface area contributed by atoms with Gasteiger partial charge in [-0.05, 0) is 18.2 Å². The quantitative estimate of drug-likeness (QED) is 0.878. The smallest absolute Gasteiger partial charge is 0.422 e. The number of hydrogen-bond acceptors (Lipinski definition) is 3. The van der Waals surface area contributed by atoms with E-state index in [0.29, 0.717) is 0 Å². The van der Waals surface area contributed by atoms with E-state index in [1.807, 2.05) is 5.32 Å². The van der Waals surface area contributed by atoms with Gasteiger partial charge < -0.3 is 9.84 Å². The number of aromatic carboxylic acids is 1. The second-order valence-corrected chi connectivity index (χ2v) is 3.20. The third-order valence-electron chi connectivity index (χ3n) is 1.72. The summed E-state index contributed by atoms with van der Waals surface area (Å²) in [6.45, 7) is -1.71. The van der Waals surface area contributed by atoms with Gasteiger partial charge in [-0.25, -0.2) is 9.59 Å². The number of anilines is 1. The van der Waals surface area contributed by atoms with Crippen molar-refractivity contribution in [3.63, 3.8) is 0 Å². The first-order chi connectivity index (χ1) is 8.28. The zero-order chi connectivity index (χ0) is 13.8. The van der Waals surface area contributed by atoms with Gasteiger partial charge in [0, 0.05) is 5.69 Å². The maximum atomic E-state index is 11.7. The number of amides is 1. The van der Waals surface area contributed by atoms with Crippen molar-refractivity contribution in [2.75, 3.05) is 11.9 Å². The van der Waals surface area contributed by atoms with E-state index in [1.165, 1.54) is 18.2 Å². The number of carbonyl (C=O) groups is 2. The van der Waals surface area contributed by atoms with Crippen LogP contribution >= 0.6 is 0 Å². The summed E-state index contributed by atoms with van der Waals surface area (Å²) in [7, 11) is 0. The molecule has 8 heteroatoms. The molecule has 0 unspecified atom stereocenters. The second kappa shape index (κ2) is 5.39. The maximum absolute atomic E-state index is 11.7. The number of benzene rings is 1. The number of halogens is 3. The Hall–Kier alpha value is -2.25. The van der Waals surface area contributed by atoms with Crippen molar-refractivity contribution in [2.24, 2.45) is 0 Å². The Kier molecular flexibility index (Phi) is 4.13. The summed E-state index contributed by atoms with van der Waals surface area (Å²) in [6, 6.07) is 5.02. The van der Waals surface area contributed by atoms with Gasteiger partial charge in [0.2, 0.25) is 0 Å². The molecule has 0 aliphatic carbocycles. The highest BCUT2D eigenvalue weighted by Crippen LogP contribution is 2.15. The maximum Gasteiger partial charge on any atom is 0.422 e. The van der Waals surface area contributed by atoms with Crippen LogP contribution in [0.1, 0.15) is 10.4 Å². The Morgan fingerprint density at radius 3 is 2.56 bits per heavy atom. The normalized spacial score (nSPS) is 10.8. The van der Waals surface area contributed by atoms with E-state index >= 15 is 0 Å². The minimum Gasteiger partial charge on any atom is -0.478 e. The molecule has 18 heavy (non-hydrogen) atoms. The summed E-state index contributed by atoms with van der Waals surface area (Å²) < 4.78 is 39.1. The second-order valence-electron chi connectivity index (χ2n) is 3.20. The number of carbonyl (C=O) groups excluding carboxylic acids is 1. The van der Waals surface area contributed by atoms with Gasteiger partial charge in [0.15, 0.2) is 6.61 Å². The highest BCUT2D eigenvalue weighted by atomic mass is 19.4. The molecule has 98 valence electrons. The van der Waals surface area contributed by atoms with Gasteiger partial charge in [-0.2, -0.15) is 13.2 Å². The minimum absolute atomic E-state index is 0.0297. The first-order valence-corrected chi connectivity index (χ1v) is 4.62. The van der Waals surface area contributed by atoms with Gasteiger partial charge in [-0.3, -0.25) is 5.32 Å². The Balaban J connectivity index is 2.59. The number of rotatable bonds is 3. The molecule has 0 aromatic heterocycles. The lowest BCUT2D eigenvalue weighted by Gasteiger charge is -2.09. The number of carboxylic acid groups (broad SMARTS) is 1. The molecule has 1 rings (SSSR count). The van der Waals surface area contributed by atoms with E-state index in [0.717, 1.165) is 6.07 Å². The van der Waals surface area contributed by atoms with Gasteiger partial charge in [-0.15, -0.1) is 0 Å². The molecule has 0 aliphatic rings. The first kappa shape index (κ1) is 13.8. The number of alkyl halides is 3. The molecular weight excluding hydrogens is 255 g/mol. The molecule has 1 aromatic carbocycles. The van der Waals surface area contributed by atoms with Crippen LogP contribution in [0.5, 0.6) is 0 Å². The lowest BCUT2D eigenvalue weighted by Crippen LogP contribution is -2.23. The van der Waals surface area contributed by atoms with Gasteiger partial charge in [0.25, 0.3) is 0 Å². The molecule has 0 spiro atoms. The number of carboxylic acids is 1. The summed E-state index contributed by atoms with van der Waals surface area (Å²) in [5.41, 5.74) is -0.0781. The van der Waals surface area contributed by atoms with Crippen molar-refractivity contribution in [1.29, 1.82) is 0 Å².